The summed E-state index contributed by atoms with van der Waals surface area (Å²) in [4.78, 5) is 61.1. The molecule has 0 aromatic heterocycles. The van der Waals surface area contributed by atoms with Crippen LogP contribution in [0.15, 0.2) is 24.3 Å². The standard InChI is InChI=1S/C26H37N3O9/c1-7-37-25(35)18(10-13-23(33)38-26(3,4)5)29-24(34)16(2)28-22(32)15-27-21(31)12-9-17-8-11-19(30)20(14-17)36-6/h8-9,11-12,14,16,18,30H,7,10,13,15H2,1-6H3,(H,27,31)(H,28,32)(H,29,34)/b12-9+/t16-,18+/m0/s1. The van der Waals surface area contributed by atoms with E-state index in [9.17, 15) is 29.1 Å². The van der Waals surface area contributed by atoms with E-state index in [1.54, 1.807) is 33.8 Å². The molecule has 38 heavy (non-hydrogen) atoms. The summed E-state index contributed by atoms with van der Waals surface area (Å²) in [5, 5.41) is 16.9. The summed E-state index contributed by atoms with van der Waals surface area (Å²) in [6, 6.07) is 2.37. The van der Waals surface area contributed by atoms with Crippen LogP contribution in [0.3, 0.4) is 0 Å². The summed E-state index contributed by atoms with van der Waals surface area (Å²) in [5.74, 6) is -2.91. The third-order valence-electron chi connectivity index (χ3n) is 4.77. The summed E-state index contributed by atoms with van der Waals surface area (Å²) in [7, 11) is 1.40. The molecule has 0 spiro atoms. The largest absolute Gasteiger partial charge is 0.504 e. The van der Waals surface area contributed by atoms with Crippen molar-refractivity contribution in [2.45, 2.75) is 65.1 Å². The molecule has 0 heterocycles. The Kier molecular flexibility index (Phi) is 12.8. The Morgan fingerprint density at radius 2 is 1.79 bits per heavy atom. The van der Waals surface area contributed by atoms with Gasteiger partial charge in [0.25, 0.3) is 0 Å². The number of hydrogen-bond acceptors (Lipinski definition) is 9. The quantitative estimate of drug-likeness (QED) is 0.214. The predicted molar refractivity (Wildman–Crippen MR) is 138 cm³/mol. The number of rotatable bonds is 13. The molecule has 12 nitrogen and oxygen atoms in total. The maximum absolute atomic E-state index is 12.6. The maximum atomic E-state index is 12.6. The van der Waals surface area contributed by atoms with E-state index in [2.05, 4.69) is 16.0 Å². The first-order chi connectivity index (χ1) is 17.7. The molecular weight excluding hydrogens is 498 g/mol. The molecule has 2 atom stereocenters. The second kappa shape index (κ2) is 15.2. The molecule has 1 rings (SSSR count). The van der Waals surface area contributed by atoms with Crippen LogP contribution in [0.1, 0.15) is 53.0 Å². The van der Waals surface area contributed by atoms with Gasteiger partial charge in [-0.3, -0.25) is 19.2 Å². The number of methoxy groups -OCH3 is 1. The van der Waals surface area contributed by atoms with E-state index < -0.39 is 53.9 Å². The number of carbonyl (C=O) groups excluding carboxylic acids is 5. The minimum absolute atomic E-state index is 0.0412. The fourth-order valence-electron chi connectivity index (χ4n) is 3.00. The van der Waals surface area contributed by atoms with Gasteiger partial charge in [-0.2, -0.15) is 0 Å². The van der Waals surface area contributed by atoms with Crippen LogP contribution in [-0.2, 0) is 33.4 Å². The predicted octanol–water partition coefficient (Wildman–Crippen LogP) is 1.20. The number of phenols is 1. The number of aromatic hydroxyl groups is 1. The molecule has 210 valence electrons. The molecule has 0 unspecified atom stereocenters. The van der Waals surface area contributed by atoms with Crippen molar-refractivity contribution < 1.29 is 43.3 Å². The van der Waals surface area contributed by atoms with E-state index >= 15 is 0 Å². The Labute approximate surface area is 222 Å². The van der Waals surface area contributed by atoms with E-state index in [1.807, 2.05) is 0 Å². The normalized spacial score (nSPS) is 12.7. The molecule has 0 fully saturated rings. The fourth-order valence-corrected chi connectivity index (χ4v) is 3.00. The second-order valence-electron chi connectivity index (χ2n) is 9.21. The summed E-state index contributed by atoms with van der Waals surface area (Å²) in [6.45, 7) is 7.84. The lowest BCUT2D eigenvalue weighted by molar-refractivity contribution is -0.155. The first-order valence-electron chi connectivity index (χ1n) is 12.1. The highest BCUT2D eigenvalue weighted by atomic mass is 16.6. The van der Waals surface area contributed by atoms with Crippen molar-refractivity contribution in [3.63, 3.8) is 0 Å². The zero-order valence-corrected chi connectivity index (χ0v) is 22.6. The lowest BCUT2D eigenvalue weighted by Gasteiger charge is -2.22. The lowest BCUT2D eigenvalue weighted by Crippen LogP contribution is -2.52. The number of esters is 2. The molecular formula is C26H37N3O9. The van der Waals surface area contributed by atoms with E-state index in [-0.39, 0.29) is 30.9 Å². The molecule has 0 radical (unpaired) electrons. The number of nitrogens with one attached hydrogen (secondary N) is 3. The van der Waals surface area contributed by atoms with Gasteiger partial charge in [0.15, 0.2) is 11.5 Å². The second-order valence-corrected chi connectivity index (χ2v) is 9.21. The van der Waals surface area contributed by atoms with Gasteiger partial charge in [0, 0.05) is 12.5 Å². The van der Waals surface area contributed by atoms with Gasteiger partial charge in [-0.05, 0) is 64.8 Å². The molecule has 0 aliphatic heterocycles. The lowest BCUT2D eigenvalue weighted by atomic mass is 10.1. The van der Waals surface area contributed by atoms with Crippen LogP contribution in [0.4, 0.5) is 0 Å². The molecule has 0 saturated heterocycles. The molecule has 0 aliphatic carbocycles. The highest BCUT2D eigenvalue weighted by Gasteiger charge is 2.27. The summed E-state index contributed by atoms with van der Waals surface area (Å²) in [6.07, 6.45) is 2.50. The zero-order chi connectivity index (χ0) is 28.9. The monoisotopic (exact) mass is 535 g/mol. The molecule has 3 amide bonds. The van der Waals surface area contributed by atoms with Gasteiger partial charge in [0.2, 0.25) is 17.7 Å². The number of hydrogen-bond donors (Lipinski definition) is 4. The average Bonchev–Trinajstić information content (AvgIpc) is 2.83. The molecule has 1 aromatic carbocycles. The first kappa shape index (κ1) is 31.9. The van der Waals surface area contributed by atoms with Crippen molar-refractivity contribution in [2.75, 3.05) is 20.3 Å². The van der Waals surface area contributed by atoms with Gasteiger partial charge >= 0.3 is 11.9 Å². The van der Waals surface area contributed by atoms with Crippen LogP contribution in [0.5, 0.6) is 11.5 Å². The van der Waals surface area contributed by atoms with Crippen LogP contribution in [0, 0.1) is 0 Å². The summed E-state index contributed by atoms with van der Waals surface area (Å²) < 4.78 is 15.2. The van der Waals surface area contributed by atoms with Gasteiger partial charge < -0.3 is 35.3 Å². The Hall–Kier alpha value is -4.09. The Bertz CT molecular complexity index is 1030. The van der Waals surface area contributed by atoms with Crippen molar-refractivity contribution in [1.82, 2.24) is 16.0 Å². The summed E-state index contributed by atoms with van der Waals surface area (Å²) >= 11 is 0. The smallest absolute Gasteiger partial charge is 0.328 e. The molecule has 12 heteroatoms. The Balaban J connectivity index is 2.59. The van der Waals surface area contributed by atoms with Crippen LogP contribution in [0.2, 0.25) is 0 Å². The molecule has 1 aromatic rings. The average molecular weight is 536 g/mol. The number of benzene rings is 1. The van der Waals surface area contributed by atoms with Crippen LogP contribution >= 0.6 is 0 Å². The third kappa shape index (κ3) is 12.2. The Morgan fingerprint density at radius 1 is 1.11 bits per heavy atom. The number of carbonyl (C=O) groups is 5. The van der Waals surface area contributed by atoms with Gasteiger partial charge in [-0.15, -0.1) is 0 Å². The number of amides is 3. The van der Waals surface area contributed by atoms with Crippen LogP contribution < -0.4 is 20.7 Å². The highest BCUT2D eigenvalue weighted by molar-refractivity contribution is 5.95. The minimum Gasteiger partial charge on any atom is -0.504 e. The van der Waals surface area contributed by atoms with E-state index in [0.717, 1.165) is 0 Å². The van der Waals surface area contributed by atoms with Crippen LogP contribution in [-0.4, -0.2) is 72.7 Å². The van der Waals surface area contributed by atoms with E-state index in [4.69, 9.17) is 14.2 Å². The van der Waals surface area contributed by atoms with Gasteiger partial charge in [0.05, 0.1) is 20.3 Å². The van der Waals surface area contributed by atoms with Gasteiger partial charge in [-0.25, -0.2) is 4.79 Å². The fraction of sp³-hybridized carbons (Fsp3) is 0.500. The van der Waals surface area contributed by atoms with Gasteiger partial charge in [0.1, 0.15) is 17.7 Å². The van der Waals surface area contributed by atoms with Gasteiger partial charge in [-0.1, -0.05) is 6.07 Å². The Morgan fingerprint density at radius 3 is 2.39 bits per heavy atom. The SMILES string of the molecule is CCOC(=O)[C@@H](CCC(=O)OC(C)(C)C)NC(=O)[C@H](C)NC(=O)CNC(=O)/C=C/c1ccc(O)c(OC)c1. The van der Waals surface area contributed by atoms with E-state index in [1.165, 1.54) is 38.3 Å². The minimum atomic E-state index is -1.11. The van der Waals surface area contributed by atoms with Crippen LogP contribution in [0.25, 0.3) is 6.08 Å². The molecule has 0 bridgehead atoms. The van der Waals surface area contributed by atoms with E-state index in [0.29, 0.717) is 5.56 Å². The summed E-state index contributed by atoms with van der Waals surface area (Å²) in [5.41, 5.74) is -0.101. The van der Waals surface area contributed by atoms with Crippen molar-refractivity contribution in [3.8, 4) is 11.5 Å². The van der Waals surface area contributed by atoms with Crippen molar-refractivity contribution in [1.29, 1.82) is 0 Å². The third-order valence-corrected chi connectivity index (χ3v) is 4.77. The highest BCUT2D eigenvalue weighted by Crippen LogP contribution is 2.26. The zero-order valence-electron chi connectivity index (χ0n) is 22.6. The number of phenolic OH excluding ortho intramolecular Hbond substituents is 1. The topological polar surface area (TPSA) is 169 Å². The number of ether oxygens (including phenoxy) is 3. The van der Waals surface area contributed by atoms with Crippen molar-refractivity contribution in [2.24, 2.45) is 0 Å². The molecule has 0 aliphatic rings. The molecule has 0 saturated carbocycles. The van der Waals surface area contributed by atoms with Crippen molar-refractivity contribution in [3.05, 3.63) is 29.8 Å². The van der Waals surface area contributed by atoms with Crippen molar-refractivity contribution >= 4 is 35.7 Å². The molecule has 4 N–H and O–H groups in total. The maximum Gasteiger partial charge on any atom is 0.328 e. The first-order valence-corrected chi connectivity index (χ1v) is 12.1.